The SMILES string of the molecule is CC(=O)C(C)OC(=O)c1ccccc1I. The molecule has 0 saturated carbocycles. The van der Waals surface area contributed by atoms with E-state index in [-0.39, 0.29) is 5.78 Å². The zero-order valence-electron chi connectivity index (χ0n) is 8.49. The lowest BCUT2D eigenvalue weighted by Gasteiger charge is -2.10. The van der Waals surface area contributed by atoms with Gasteiger partial charge in [0.1, 0.15) is 0 Å². The van der Waals surface area contributed by atoms with Crippen LogP contribution in [0.1, 0.15) is 24.2 Å². The number of ether oxygens (including phenoxy) is 1. The summed E-state index contributed by atoms with van der Waals surface area (Å²) in [7, 11) is 0. The normalized spacial score (nSPS) is 11.9. The number of carbonyl (C=O) groups is 2. The molecule has 0 spiro atoms. The fourth-order valence-electron chi connectivity index (χ4n) is 0.934. The van der Waals surface area contributed by atoms with E-state index < -0.39 is 12.1 Å². The summed E-state index contributed by atoms with van der Waals surface area (Å²) in [5, 5.41) is 0. The molecule has 1 unspecified atom stereocenters. The molecule has 0 aliphatic carbocycles. The monoisotopic (exact) mass is 318 g/mol. The van der Waals surface area contributed by atoms with Gasteiger partial charge in [-0.25, -0.2) is 4.79 Å². The van der Waals surface area contributed by atoms with E-state index in [4.69, 9.17) is 4.74 Å². The standard InChI is InChI=1S/C11H11IO3/c1-7(13)8(2)15-11(14)9-5-3-4-6-10(9)12/h3-6,8H,1-2H3. The smallest absolute Gasteiger partial charge is 0.339 e. The van der Waals surface area contributed by atoms with Gasteiger partial charge in [-0.3, -0.25) is 4.79 Å². The van der Waals surface area contributed by atoms with E-state index >= 15 is 0 Å². The molecule has 0 saturated heterocycles. The summed E-state index contributed by atoms with van der Waals surface area (Å²) in [6, 6.07) is 7.09. The van der Waals surface area contributed by atoms with E-state index in [0.29, 0.717) is 5.56 Å². The van der Waals surface area contributed by atoms with Crippen molar-refractivity contribution >= 4 is 34.3 Å². The quantitative estimate of drug-likeness (QED) is 0.635. The average Bonchev–Trinajstić information content (AvgIpc) is 2.18. The van der Waals surface area contributed by atoms with Gasteiger partial charge in [0.2, 0.25) is 0 Å². The highest BCUT2D eigenvalue weighted by molar-refractivity contribution is 14.1. The molecule has 0 aliphatic heterocycles. The molecule has 0 fully saturated rings. The molecule has 0 radical (unpaired) electrons. The Hall–Kier alpha value is -0.910. The van der Waals surface area contributed by atoms with Gasteiger partial charge in [0.05, 0.1) is 5.56 Å². The van der Waals surface area contributed by atoms with Crippen molar-refractivity contribution in [3.8, 4) is 0 Å². The van der Waals surface area contributed by atoms with Crippen LogP contribution >= 0.6 is 22.6 Å². The van der Waals surface area contributed by atoms with E-state index in [1.807, 2.05) is 12.1 Å². The van der Waals surface area contributed by atoms with Crippen molar-refractivity contribution in [3.05, 3.63) is 33.4 Å². The van der Waals surface area contributed by atoms with E-state index in [9.17, 15) is 9.59 Å². The highest BCUT2D eigenvalue weighted by Gasteiger charge is 2.16. The van der Waals surface area contributed by atoms with Crippen LogP contribution in [0.25, 0.3) is 0 Å². The maximum Gasteiger partial charge on any atom is 0.339 e. The van der Waals surface area contributed by atoms with Crippen molar-refractivity contribution in [2.75, 3.05) is 0 Å². The molecule has 1 rings (SSSR count). The Morgan fingerprint density at radius 1 is 1.33 bits per heavy atom. The number of hydrogen-bond acceptors (Lipinski definition) is 3. The number of rotatable bonds is 3. The van der Waals surface area contributed by atoms with Crippen LogP contribution in [0.15, 0.2) is 24.3 Å². The first-order valence-corrected chi connectivity index (χ1v) is 5.56. The number of carbonyl (C=O) groups excluding carboxylic acids is 2. The highest BCUT2D eigenvalue weighted by Crippen LogP contribution is 2.13. The third kappa shape index (κ3) is 3.30. The second-order valence-electron chi connectivity index (χ2n) is 3.14. The third-order valence-electron chi connectivity index (χ3n) is 1.95. The lowest BCUT2D eigenvalue weighted by Crippen LogP contribution is -2.22. The maximum absolute atomic E-state index is 11.6. The van der Waals surface area contributed by atoms with Crippen molar-refractivity contribution in [1.82, 2.24) is 0 Å². The van der Waals surface area contributed by atoms with E-state index in [2.05, 4.69) is 22.6 Å². The second kappa shape index (κ2) is 5.25. The molecule has 0 bridgehead atoms. The van der Waals surface area contributed by atoms with Crippen LogP contribution in [-0.2, 0) is 9.53 Å². The Balaban J connectivity index is 2.78. The van der Waals surface area contributed by atoms with E-state index in [0.717, 1.165) is 3.57 Å². The van der Waals surface area contributed by atoms with Gasteiger partial charge >= 0.3 is 5.97 Å². The molecular formula is C11H11IO3. The Morgan fingerprint density at radius 2 is 1.93 bits per heavy atom. The minimum atomic E-state index is -0.687. The Kier molecular flexibility index (Phi) is 4.26. The molecule has 0 amide bonds. The summed E-state index contributed by atoms with van der Waals surface area (Å²) in [6.45, 7) is 2.96. The predicted octanol–water partition coefficient (Wildman–Crippen LogP) is 2.43. The molecule has 80 valence electrons. The van der Waals surface area contributed by atoms with Crippen LogP contribution in [0.3, 0.4) is 0 Å². The van der Waals surface area contributed by atoms with Crippen LogP contribution in [0, 0.1) is 3.57 Å². The molecule has 0 heterocycles. The van der Waals surface area contributed by atoms with Crippen molar-refractivity contribution < 1.29 is 14.3 Å². The fraction of sp³-hybridized carbons (Fsp3) is 0.273. The summed E-state index contributed by atoms with van der Waals surface area (Å²) in [6.07, 6.45) is -0.687. The largest absolute Gasteiger partial charge is 0.451 e. The third-order valence-corrected chi connectivity index (χ3v) is 2.89. The summed E-state index contributed by atoms with van der Waals surface area (Å²) in [4.78, 5) is 22.5. The molecule has 0 aromatic heterocycles. The van der Waals surface area contributed by atoms with Crippen molar-refractivity contribution in [2.45, 2.75) is 20.0 Å². The first-order chi connectivity index (χ1) is 7.02. The van der Waals surface area contributed by atoms with Crippen molar-refractivity contribution in [1.29, 1.82) is 0 Å². The minimum Gasteiger partial charge on any atom is -0.451 e. The van der Waals surface area contributed by atoms with Crippen LogP contribution in [0.4, 0.5) is 0 Å². The zero-order chi connectivity index (χ0) is 11.4. The number of benzene rings is 1. The van der Waals surface area contributed by atoms with Gasteiger partial charge in [0, 0.05) is 3.57 Å². The van der Waals surface area contributed by atoms with Gasteiger partial charge in [-0.15, -0.1) is 0 Å². The maximum atomic E-state index is 11.6. The first kappa shape index (κ1) is 12.2. The number of ketones is 1. The molecule has 3 nitrogen and oxygen atoms in total. The number of esters is 1. The van der Waals surface area contributed by atoms with Gasteiger partial charge in [-0.05, 0) is 48.6 Å². The van der Waals surface area contributed by atoms with Gasteiger partial charge in [-0.1, -0.05) is 12.1 Å². The molecule has 4 heteroatoms. The fourth-order valence-corrected chi connectivity index (χ4v) is 1.54. The molecule has 0 aliphatic rings. The van der Waals surface area contributed by atoms with Crippen LogP contribution in [0.5, 0.6) is 0 Å². The number of Topliss-reactive ketones (excluding diaryl/α,β-unsaturated/α-hetero) is 1. The van der Waals surface area contributed by atoms with E-state index in [1.54, 1.807) is 19.1 Å². The zero-order valence-corrected chi connectivity index (χ0v) is 10.6. The summed E-state index contributed by atoms with van der Waals surface area (Å²) < 4.78 is 5.80. The van der Waals surface area contributed by atoms with E-state index in [1.165, 1.54) is 6.92 Å². The van der Waals surface area contributed by atoms with Crippen LogP contribution < -0.4 is 0 Å². The van der Waals surface area contributed by atoms with Crippen LogP contribution in [-0.4, -0.2) is 17.9 Å². The average molecular weight is 318 g/mol. The minimum absolute atomic E-state index is 0.158. The topological polar surface area (TPSA) is 43.4 Å². The second-order valence-corrected chi connectivity index (χ2v) is 4.30. The molecular weight excluding hydrogens is 307 g/mol. The van der Waals surface area contributed by atoms with Crippen LogP contribution in [0.2, 0.25) is 0 Å². The number of halogens is 1. The highest BCUT2D eigenvalue weighted by atomic mass is 127. The molecule has 0 N–H and O–H groups in total. The van der Waals surface area contributed by atoms with Gasteiger partial charge in [-0.2, -0.15) is 0 Å². The number of hydrogen-bond donors (Lipinski definition) is 0. The predicted molar refractivity (Wildman–Crippen MR) is 64.7 cm³/mol. The van der Waals surface area contributed by atoms with Crippen molar-refractivity contribution in [3.63, 3.8) is 0 Å². The Morgan fingerprint density at radius 3 is 2.47 bits per heavy atom. The lowest BCUT2D eigenvalue weighted by atomic mass is 10.2. The summed E-state index contributed by atoms with van der Waals surface area (Å²) >= 11 is 2.05. The van der Waals surface area contributed by atoms with Gasteiger partial charge in [0.25, 0.3) is 0 Å². The van der Waals surface area contributed by atoms with Gasteiger partial charge < -0.3 is 4.74 Å². The molecule has 15 heavy (non-hydrogen) atoms. The molecule has 1 aromatic rings. The molecule has 1 aromatic carbocycles. The molecule has 1 atom stereocenters. The summed E-state index contributed by atoms with van der Waals surface area (Å²) in [5.41, 5.74) is 0.492. The lowest BCUT2D eigenvalue weighted by molar-refractivity contribution is -0.124. The van der Waals surface area contributed by atoms with Gasteiger partial charge in [0.15, 0.2) is 11.9 Å². The first-order valence-electron chi connectivity index (χ1n) is 4.48. The Labute approximate surface area is 102 Å². The summed E-state index contributed by atoms with van der Waals surface area (Å²) in [5.74, 6) is -0.614. The Bertz CT molecular complexity index is 387. The van der Waals surface area contributed by atoms with Crippen molar-refractivity contribution in [2.24, 2.45) is 0 Å².